The van der Waals surface area contributed by atoms with E-state index in [0.29, 0.717) is 0 Å². The second-order valence-electron chi connectivity index (χ2n) is 0.816. The van der Waals surface area contributed by atoms with Crippen molar-refractivity contribution in [3.8, 4) is 0 Å². The van der Waals surface area contributed by atoms with Crippen molar-refractivity contribution in [1.29, 1.82) is 0 Å². The molecule has 5 heavy (non-hydrogen) atoms. The van der Waals surface area contributed by atoms with Crippen LogP contribution in [0.4, 0.5) is 0 Å². The van der Waals surface area contributed by atoms with Gasteiger partial charge in [-0.1, -0.05) is 0 Å². The zero-order valence-corrected chi connectivity index (χ0v) is 4.98. The molecule has 0 aromatic carbocycles. The van der Waals surface area contributed by atoms with Crippen LogP contribution in [0.1, 0.15) is 0 Å². The molecule has 0 rings (SSSR count). The molecule has 0 spiro atoms. The van der Waals surface area contributed by atoms with Crippen LogP contribution in [-0.4, -0.2) is 19.5 Å². The summed E-state index contributed by atoms with van der Waals surface area (Å²) >= 11 is -0.991. The summed E-state index contributed by atoms with van der Waals surface area (Å²) in [5, 5.41) is 7.70. The van der Waals surface area contributed by atoms with Gasteiger partial charge in [0.05, 0.1) is 0 Å². The topological polar surface area (TPSA) is 29.5 Å². The molecule has 0 saturated carbocycles. The summed E-state index contributed by atoms with van der Waals surface area (Å²) in [6, 6.07) is 0. The Kier molecular flexibility index (Phi) is 2.90. The van der Waals surface area contributed by atoms with Crippen molar-refractivity contribution in [2.24, 2.45) is 0 Å². The van der Waals surface area contributed by atoms with Gasteiger partial charge in [-0.3, -0.25) is 0 Å². The van der Waals surface area contributed by atoms with Gasteiger partial charge in [-0.25, -0.2) is 0 Å². The van der Waals surface area contributed by atoms with E-state index in [1.54, 1.807) is 0 Å². The van der Waals surface area contributed by atoms with Crippen molar-refractivity contribution in [3.05, 3.63) is 0 Å². The molecular formula is C2H7O2Se. The third-order valence-electron chi connectivity index (χ3n) is 0.149. The van der Waals surface area contributed by atoms with E-state index in [1.165, 1.54) is 0 Å². The van der Waals surface area contributed by atoms with E-state index < -0.39 is 14.2 Å². The molecule has 0 amide bonds. The average molecular weight is 142 g/mol. The molecule has 0 aliphatic heterocycles. The fourth-order valence-electron chi connectivity index (χ4n) is 0. The fourth-order valence-corrected chi connectivity index (χ4v) is 0. The van der Waals surface area contributed by atoms with Gasteiger partial charge in [0.25, 0.3) is 0 Å². The second kappa shape index (κ2) is 2.66. The van der Waals surface area contributed by atoms with Crippen molar-refractivity contribution in [3.63, 3.8) is 0 Å². The predicted molar refractivity (Wildman–Crippen MR) is 21.2 cm³/mol. The molecule has 0 aromatic heterocycles. The molecule has 0 heterocycles. The Balaban J connectivity index is 2.54. The van der Waals surface area contributed by atoms with Crippen molar-refractivity contribution >= 4 is 14.2 Å². The normalized spacial score (nSPS) is 9.60. The molecule has 0 fully saturated rings. The maximum absolute atomic E-state index is 7.70. The van der Waals surface area contributed by atoms with Crippen LogP contribution in [0.15, 0.2) is 0 Å². The van der Waals surface area contributed by atoms with Gasteiger partial charge in [0, 0.05) is 0 Å². The van der Waals surface area contributed by atoms with E-state index in [-0.39, 0.29) is 0 Å². The first-order valence-electron chi connectivity index (χ1n) is 1.17. The molecule has 1 radical (unpaired) electrons. The molecule has 2 nitrogen and oxygen atoms in total. The molecule has 0 aliphatic carbocycles. The van der Waals surface area contributed by atoms with E-state index in [0.717, 1.165) is 0 Å². The monoisotopic (exact) mass is 143 g/mol. The summed E-state index contributed by atoms with van der Waals surface area (Å²) < 4.78 is 3.88. The Morgan fingerprint density at radius 1 is 1.60 bits per heavy atom. The molecule has 0 aliphatic rings. The van der Waals surface area contributed by atoms with Gasteiger partial charge in [0.2, 0.25) is 0 Å². The van der Waals surface area contributed by atoms with E-state index in [2.05, 4.69) is 3.97 Å². The second-order valence-corrected chi connectivity index (χ2v) is 4.24. The van der Waals surface area contributed by atoms with Crippen LogP contribution in [0.5, 0.6) is 0 Å². The van der Waals surface area contributed by atoms with Gasteiger partial charge in [0.15, 0.2) is 0 Å². The Bertz CT molecular complexity index is 21.6. The molecule has 1 N–H and O–H groups in total. The van der Waals surface area contributed by atoms with Crippen molar-refractivity contribution in [2.75, 3.05) is 0 Å². The van der Waals surface area contributed by atoms with E-state index >= 15 is 0 Å². The summed E-state index contributed by atoms with van der Waals surface area (Å²) in [6.07, 6.45) is 0. The summed E-state index contributed by atoms with van der Waals surface area (Å²) in [5.74, 6) is 3.75. The van der Waals surface area contributed by atoms with Gasteiger partial charge in [-0.05, 0) is 0 Å². The third-order valence-corrected chi connectivity index (χ3v) is 0.775. The SMILES string of the molecule is C[Se](C)OO. The molecule has 0 unspecified atom stereocenters. The van der Waals surface area contributed by atoms with Gasteiger partial charge in [0.1, 0.15) is 0 Å². The number of hydrogen-bond acceptors (Lipinski definition) is 2. The quantitative estimate of drug-likeness (QED) is 0.332. The van der Waals surface area contributed by atoms with Crippen LogP contribution in [0.25, 0.3) is 0 Å². The summed E-state index contributed by atoms with van der Waals surface area (Å²) in [4.78, 5) is 0. The minimum atomic E-state index is -0.991. The van der Waals surface area contributed by atoms with Crippen LogP contribution < -0.4 is 0 Å². The van der Waals surface area contributed by atoms with Crippen LogP contribution in [-0.2, 0) is 3.97 Å². The minimum absolute atomic E-state index is 0.991. The zero-order valence-electron chi connectivity index (χ0n) is 3.26. The molecule has 3 heteroatoms. The molecule has 0 aromatic rings. The van der Waals surface area contributed by atoms with E-state index in [9.17, 15) is 0 Å². The summed E-state index contributed by atoms with van der Waals surface area (Å²) in [7, 11) is 0. The van der Waals surface area contributed by atoms with Crippen LogP contribution >= 0.6 is 0 Å². The average Bonchev–Trinajstić information content (AvgIpc) is 1.38. The third kappa shape index (κ3) is 4.44. The first-order chi connectivity index (χ1) is 2.27. The Labute approximate surface area is 35.9 Å². The number of hydrogen-bond donors (Lipinski definition) is 1. The van der Waals surface area contributed by atoms with Crippen molar-refractivity contribution < 1.29 is 9.23 Å². The van der Waals surface area contributed by atoms with E-state index in [1.807, 2.05) is 11.6 Å². The molecular weight excluding hydrogens is 135 g/mol. The molecule has 0 atom stereocenters. The van der Waals surface area contributed by atoms with Gasteiger partial charge in [-0.15, -0.1) is 0 Å². The summed E-state index contributed by atoms with van der Waals surface area (Å²) in [6.45, 7) is 0. The van der Waals surface area contributed by atoms with Gasteiger partial charge < -0.3 is 0 Å². The molecule has 33 valence electrons. The zero-order chi connectivity index (χ0) is 4.28. The van der Waals surface area contributed by atoms with E-state index in [4.69, 9.17) is 5.26 Å². The first kappa shape index (κ1) is 5.44. The maximum atomic E-state index is 7.70. The fraction of sp³-hybridized carbons (Fsp3) is 1.00. The Morgan fingerprint density at radius 2 is 1.80 bits per heavy atom. The van der Waals surface area contributed by atoms with Crippen LogP contribution in [0.3, 0.4) is 0 Å². The molecule has 0 saturated heterocycles. The molecule has 0 bridgehead atoms. The Hall–Kier alpha value is 0.439. The van der Waals surface area contributed by atoms with Crippen LogP contribution in [0.2, 0.25) is 11.6 Å². The van der Waals surface area contributed by atoms with Crippen molar-refractivity contribution in [1.82, 2.24) is 0 Å². The Morgan fingerprint density at radius 3 is 1.80 bits per heavy atom. The first-order valence-corrected chi connectivity index (χ1v) is 5.29. The van der Waals surface area contributed by atoms with Crippen LogP contribution in [0, 0.1) is 0 Å². The standard InChI is InChI=1S/C2H7O2Se/c1-5(2)4-3/h3H,1-2H3. The summed E-state index contributed by atoms with van der Waals surface area (Å²) in [5.41, 5.74) is 0. The van der Waals surface area contributed by atoms with Gasteiger partial charge in [-0.2, -0.15) is 0 Å². The number of rotatable bonds is 1. The van der Waals surface area contributed by atoms with Gasteiger partial charge >= 0.3 is 35.1 Å². The van der Waals surface area contributed by atoms with Crippen molar-refractivity contribution in [2.45, 2.75) is 11.6 Å². The predicted octanol–water partition coefficient (Wildman–Crippen LogP) is 0.727.